The Balaban J connectivity index is 1.93. The Bertz CT molecular complexity index is 778. The summed E-state index contributed by atoms with van der Waals surface area (Å²) in [6.45, 7) is 3.92. The number of nitrogens with zero attached hydrogens (tertiary/aromatic N) is 1. The lowest BCUT2D eigenvalue weighted by molar-refractivity contribution is 0.0998. The number of halogens is 1. The number of hydrogen-bond donors (Lipinski definition) is 2. The highest BCUT2D eigenvalue weighted by molar-refractivity contribution is 6.31. The second-order valence-corrected chi connectivity index (χ2v) is 5.86. The monoisotopic (exact) mass is 301 g/mol. The maximum atomic E-state index is 6.02. The number of fused-ring (bicyclic) bond motifs is 1. The van der Waals surface area contributed by atoms with Gasteiger partial charge in [-0.25, -0.2) is 4.98 Å². The molecule has 2 aromatic carbocycles. The molecule has 0 saturated carbocycles. The van der Waals surface area contributed by atoms with Crippen molar-refractivity contribution in [2.45, 2.75) is 19.4 Å². The van der Waals surface area contributed by atoms with Crippen LogP contribution in [0.15, 0.2) is 42.5 Å². The Hall–Kier alpha value is -2.20. The van der Waals surface area contributed by atoms with E-state index in [0.29, 0.717) is 10.7 Å². The molecule has 4 nitrogen and oxygen atoms in total. The van der Waals surface area contributed by atoms with Gasteiger partial charge in [0.25, 0.3) is 0 Å². The fourth-order valence-electron chi connectivity index (χ4n) is 2.15. The molecule has 3 aromatic rings. The fourth-order valence-corrected chi connectivity index (χ4v) is 2.32. The van der Waals surface area contributed by atoms with Crippen LogP contribution in [0.3, 0.4) is 0 Å². The zero-order valence-electron chi connectivity index (χ0n) is 11.9. The van der Waals surface area contributed by atoms with Gasteiger partial charge in [-0.15, -0.1) is 0 Å². The van der Waals surface area contributed by atoms with Crippen molar-refractivity contribution in [1.82, 2.24) is 9.97 Å². The molecule has 0 bridgehead atoms. The number of hydrogen-bond acceptors (Lipinski definition) is 3. The van der Waals surface area contributed by atoms with Crippen LogP contribution in [0.2, 0.25) is 5.02 Å². The van der Waals surface area contributed by atoms with Crippen LogP contribution in [-0.4, -0.2) is 9.97 Å². The third kappa shape index (κ3) is 2.81. The van der Waals surface area contributed by atoms with Gasteiger partial charge in [0.15, 0.2) is 11.4 Å². The van der Waals surface area contributed by atoms with E-state index in [4.69, 9.17) is 22.1 Å². The van der Waals surface area contributed by atoms with Crippen molar-refractivity contribution in [1.29, 1.82) is 0 Å². The molecule has 0 aliphatic carbocycles. The summed E-state index contributed by atoms with van der Waals surface area (Å²) in [5.41, 5.74) is 7.55. The Kier molecular flexibility index (Phi) is 3.26. The van der Waals surface area contributed by atoms with Gasteiger partial charge in [-0.2, -0.15) is 0 Å². The smallest absolute Gasteiger partial charge is 0.160 e. The molecule has 1 aromatic heterocycles. The van der Waals surface area contributed by atoms with E-state index < -0.39 is 5.60 Å². The van der Waals surface area contributed by atoms with Crippen molar-refractivity contribution in [2.24, 2.45) is 0 Å². The summed E-state index contributed by atoms with van der Waals surface area (Å²) in [4.78, 5) is 7.84. The number of H-pyrrole nitrogens is 1. The topological polar surface area (TPSA) is 63.9 Å². The van der Waals surface area contributed by atoms with Crippen molar-refractivity contribution < 1.29 is 4.74 Å². The number of nitrogen functional groups attached to an aromatic ring is 1. The molecular weight excluding hydrogens is 286 g/mol. The van der Waals surface area contributed by atoms with Gasteiger partial charge in [0, 0.05) is 10.7 Å². The second kappa shape index (κ2) is 4.97. The third-order valence-electron chi connectivity index (χ3n) is 3.27. The van der Waals surface area contributed by atoms with E-state index in [2.05, 4.69) is 9.97 Å². The number of aromatic amines is 1. The van der Waals surface area contributed by atoms with Gasteiger partial charge in [0.1, 0.15) is 5.75 Å². The lowest BCUT2D eigenvalue weighted by Crippen LogP contribution is -2.26. The zero-order valence-corrected chi connectivity index (χ0v) is 12.6. The lowest BCUT2D eigenvalue weighted by atomic mass is 10.1. The molecule has 0 unspecified atom stereocenters. The van der Waals surface area contributed by atoms with Crippen LogP contribution < -0.4 is 10.5 Å². The van der Waals surface area contributed by atoms with Gasteiger partial charge in [0.05, 0.1) is 11.0 Å². The minimum atomic E-state index is -0.596. The minimum Gasteiger partial charge on any atom is -0.480 e. The molecule has 0 fully saturated rings. The van der Waals surface area contributed by atoms with Crippen LogP contribution in [0.5, 0.6) is 5.75 Å². The highest BCUT2D eigenvalue weighted by Gasteiger charge is 2.26. The molecule has 5 heteroatoms. The van der Waals surface area contributed by atoms with Crippen LogP contribution in [0.4, 0.5) is 5.69 Å². The lowest BCUT2D eigenvalue weighted by Gasteiger charge is -2.24. The van der Waals surface area contributed by atoms with Crippen LogP contribution in [-0.2, 0) is 5.60 Å². The van der Waals surface area contributed by atoms with Crippen LogP contribution in [0, 0.1) is 0 Å². The quantitative estimate of drug-likeness (QED) is 0.715. The summed E-state index contributed by atoms with van der Waals surface area (Å²) < 4.78 is 6.02. The largest absolute Gasteiger partial charge is 0.480 e. The van der Waals surface area contributed by atoms with Crippen LogP contribution in [0.25, 0.3) is 11.0 Å². The standard InChI is InChI=1S/C16H16ClN3O/c1-16(2,21-12-6-4-11(18)5-7-12)15-19-13-8-3-10(17)9-14(13)20-15/h3-9H,18H2,1-2H3,(H,19,20). The van der Waals surface area contributed by atoms with E-state index in [-0.39, 0.29) is 0 Å². The van der Waals surface area contributed by atoms with E-state index in [1.54, 1.807) is 0 Å². The number of imidazole rings is 1. The number of nitrogens with two attached hydrogens (primary N) is 1. The van der Waals surface area contributed by atoms with Gasteiger partial charge in [-0.1, -0.05) is 11.6 Å². The molecule has 0 saturated heterocycles. The first kappa shape index (κ1) is 13.8. The molecule has 1 heterocycles. The number of nitrogens with one attached hydrogen (secondary N) is 1. The molecule has 0 atom stereocenters. The highest BCUT2D eigenvalue weighted by Crippen LogP contribution is 2.28. The van der Waals surface area contributed by atoms with Gasteiger partial charge in [-0.3, -0.25) is 0 Å². The van der Waals surface area contributed by atoms with E-state index in [9.17, 15) is 0 Å². The Labute approximate surface area is 127 Å². The van der Waals surface area contributed by atoms with Gasteiger partial charge >= 0.3 is 0 Å². The molecule has 21 heavy (non-hydrogen) atoms. The number of benzene rings is 2. The summed E-state index contributed by atoms with van der Waals surface area (Å²) in [5, 5.41) is 0.676. The Morgan fingerprint density at radius 3 is 2.57 bits per heavy atom. The fraction of sp³-hybridized carbons (Fsp3) is 0.188. The maximum Gasteiger partial charge on any atom is 0.160 e. The molecule has 0 amide bonds. The molecule has 3 rings (SSSR count). The molecule has 0 spiro atoms. The first-order valence-corrected chi connectivity index (χ1v) is 7.02. The Morgan fingerprint density at radius 2 is 1.86 bits per heavy atom. The van der Waals surface area contributed by atoms with E-state index in [1.165, 1.54) is 0 Å². The van der Waals surface area contributed by atoms with Crippen molar-refractivity contribution in [2.75, 3.05) is 5.73 Å². The molecule has 0 radical (unpaired) electrons. The summed E-state index contributed by atoms with van der Waals surface area (Å²) in [6, 6.07) is 12.9. The zero-order chi connectivity index (χ0) is 15.0. The Morgan fingerprint density at radius 1 is 1.14 bits per heavy atom. The van der Waals surface area contributed by atoms with Gasteiger partial charge in [0.2, 0.25) is 0 Å². The first-order chi connectivity index (χ1) is 9.94. The predicted molar refractivity (Wildman–Crippen MR) is 85.6 cm³/mol. The predicted octanol–water partition coefficient (Wildman–Crippen LogP) is 4.11. The van der Waals surface area contributed by atoms with Crippen molar-refractivity contribution in [3.8, 4) is 5.75 Å². The van der Waals surface area contributed by atoms with Crippen molar-refractivity contribution in [3.63, 3.8) is 0 Å². The highest BCUT2D eigenvalue weighted by atomic mass is 35.5. The normalized spacial score (nSPS) is 11.8. The van der Waals surface area contributed by atoms with Crippen molar-refractivity contribution in [3.05, 3.63) is 53.3 Å². The first-order valence-electron chi connectivity index (χ1n) is 6.64. The van der Waals surface area contributed by atoms with Gasteiger partial charge < -0.3 is 15.5 Å². The maximum absolute atomic E-state index is 6.02. The van der Waals surface area contributed by atoms with E-state index in [1.807, 2.05) is 56.3 Å². The van der Waals surface area contributed by atoms with Crippen LogP contribution >= 0.6 is 11.6 Å². The summed E-state index contributed by atoms with van der Waals surface area (Å²) in [7, 11) is 0. The molecule has 0 aliphatic rings. The average Bonchev–Trinajstić information content (AvgIpc) is 2.85. The summed E-state index contributed by atoms with van der Waals surface area (Å²) in [5.74, 6) is 1.49. The number of rotatable bonds is 3. The number of anilines is 1. The minimum absolute atomic E-state index is 0.596. The molecular formula is C16H16ClN3O. The summed E-state index contributed by atoms with van der Waals surface area (Å²) >= 11 is 6.00. The third-order valence-corrected chi connectivity index (χ3v) is 3.50. The summed E-state index contributed by atoms with van der Waals surface area (Å²) in [6.07, 6.45) is 0. The van der Waals surface area contributed by atoms with E-state index >= 15 is 0 Å². The second-order valence-electron chi connectivity index (χ2n) is 5.43. The molecule has 0 aliphatic heterocycles. The van der Waals surface area contributed by atoms with Crippen molar-refractivity contribution >= 4 is 28.3 Å². The van der Waals surface area contributed by atoms with E-state index in [0.717, 1.165) is 22.6 Å². The molecule has 3 N–H and O–H groups in total. The number of aromatic nitrogens is 2. The number of ether oxygens (including phenoxy) is 1. The van der Waals surface area contributed by atoms with Crippen LogP contribution in [0.1, 0.15) is 19.7 Å². The van der Waals surface area contributed by atoms with Gasteiger partial charge in [-0.05, 0) is 56.3 Å². The molecule has 108 valence electrons. The average molecular weight is 302 g/mol. The SMILES string of the molecule is CC(C)(Oc1ccc(N)cc1)c1nc2ccc(Cl)cc2[nH]1.